The summed E-state index contributed by atoms with van der Waals surface area (Å²) in [5.74, 6) is -0.0908. The van der Waals surface area contributed by atoms with E-state index in [1.165, 1.54) is 7.11 Å². The van der Waals surface area contributed by atoms with Gasteiger partial charge in [0.25, 0.3) is 5.91 Å². The van der Waals surface area contributed by atoms with E-state index in [4.69, 9.17) is 9.26 Å². The molecule has 1 fully saturated rings. The van der Waals surface area contributed by atoms with Crippen LogP contribution >= 0.6 is 0 Å². The number of carbonyl (C=O) groups is 2. The summed E-state index contributed by atoms with van der Waals surface area (Å²) in [7, 11) is 1.37. The van der Waals surface area contributed by atoms with Crippen LogP contribution in [0.4, 0.5) is 0 Å². The van der Waals surface area contributed by atoms with E-state index in [1.807, 2.05) is 0 Å². The van der Waals surface area contributed by atoms with Crippen molar-refractivity contribution in [2.75, 3.05) is 20.2 Å². The lowest BCUT2D eigenvalue weighted by Gasteiger charge is -2.31. The Balaban J connectivity index is 2.14. The highest BCUT2D eigenvalue weighted by Gasteiger charge is 2.31. The van der Waals surface area contributed by atoms with Crippen LogP contribution in [-0.2, 0) is 9.53 Å². The van der Waals surface area contributed by atoms with Gasteiger partial charge in [-0.1, -0.05) is 5.16 Å². The first-order chi connectivity index (χ1) is 9.04. The van der Waals surface area contributed by atoms with Gasteiger partial charge >= 0.3 is 5.97 Å². The van der Waals surface area contributed by atoms with Crippen LogP contribution in [0.1, 0.15) is 34.7 Å². The number of methoxy groups -OCH3 is 1. The molecule has 0 saturated carbocycles. The maximum Gasteiger partial charge on any atom is 0.310 e. The Morgan fingerprint density at radius 3 is 2.74 bits per heavy atom. The summed E-state index contributed by atoms with van der Waals surface area (Å²) in [5, 5.41) is 3.79. The van der Waals surface area contributed by atoms with Crippen molar-refractivity contribution >= 4 is 11.9 Å². The Morgan fingerprint density at radius 1 is 1.42 bits per heavy atom. The Hall–Kier alpha value is -1.85. The highest BCUT2D eigenvalue weighted by molar-refractivity contribution is 5.96. The molecule has 104 valence electrons. The summed E-state index contributed by atoms with van der Waals surface area (Å²) in [6.07, 6.45) is 1.56. The van der Waals surface area contributed by atoms with E-state index in [-0.39, 0.29) is 17.8 Å². The van der Waals surface area contributed by atoms with Crippen molar-refractivity contribution in [3.8, 4) is 0 Å². The largest absolute Gasteiger partial charge is 0.469 e. The maximum absolute atomic E-state index is 12.4. The van der Waals surface area contributed by atoms with Gasteiger partial charge < -0.3 is 14.2 Å². The summed E-state index contributed by atoms with van der Waals surface area (Å²) < 4.78 is 9.76. The molecule has 1 aliphatic rings. The first-order valence-electron chi connectivity index (χ1n) is 6.34. The van der Waals surface area contributed by atoms with E-state index in [2.05, 4.69) is 5.16 Å². The summed E-state index contributed by atoms with van der Waals surface area (Å²) in [4.78, 5) is 25.7. The van der Waals surface area contributed by atoms with E-state index >= 15 is 0 Å². The molecule has 1 atom stereocenters. The molecule has 1 aromatic rings. The van der Waals surface area contributed by atoms with Crippen molar-refractivity contribution < 1.29 is 18.8 Å². The van der Waals surface area contributed by atoms with Gasteiger partial charge in [-0.2, -0.15) is 0 Å². The standard InChI is InChI=1S/C13H18N2O4/c1-8-11(9(2)19-14-8)12(16)15-6-4-5-10(7-15)13(17)18-3/h10H,4-7H2,1-3H3. The minimum absolute atomic E-state index is 0.121. The van der Waals surface area contributed by atoms with Crippen LogP contribution in [0.3, 0.4) is 0 Å². The number of piperidine rings is 1. The number of carbonyl (C=O) groups excluding carboxylic acids is 2. The molecule has 6 nitrogen and oxygen atoms in total. The van der Waals surface area contributed by atoms with Crippen molar-refractivity contribution in [2.24, 2.45) is 5.92 Å². The van der Waals surface area contributed by atoms with Crippen LogP contribution in [0.15, 0.2) is 4.52 Å². The molecular formula is C13H18N2O4. The van der Waals surface area contributed by atoms with Gasteiger partial charge in [0.05, 0.1) is 18.7 Å². The number of hydrogen-bond donors (Lipinski definition) is 0. The fourth-order valence-electron chi connectivity index (χ4n) is 2.47. The molecule has 0 aromatic carbocycles. The van der Waals surface area contributed by atoms with Crippen LogP contribution in [0.5, 0.6) is 0 Å². The van der Waals surface area contributed by atoms with Crippen molar-refractivity contribution in [1.29, 1.82) is 0 Å². The predicted molar refractivity (Wildman–Crippen MR) is 66.6 cm³/mol. The van der Waals surface area contributed by atoms with E-state index in [9.17, 15) is 9.59 Å². The van der Waals surface area contributed by atoms with Crippen molar-refractivity contribution in [1.82, 2.24) is 10.1 Å². The Morgan fingerprint density at radius 2 is 2.16 bits per heavy atom. The number of likely N-dealkylation sites (tertiary alicyclic amines) is 1. The molecule has 1 unspecified atom stereocenters. The number of aryl methyl sites for hydroxylation is 2. The van der Waals surface area contributed by atoms with E-state index < -0.39 is 0 Å². The molecule has 1 aliphatic heterocycles. The van der Waals surface area contributed by atoms with Gasteiger partial charge in [0.2, 0.25) is 0 Å². The predicted octanol–water partition coefficient (Wildman–Crippen LogP) is 1.32. The van der Waals surface area contributed by atoms with E-state index in [0.717, 1.165) is 12.8 Å². The summed E-state index contributed by atoms with van der Waals surface area (Å²) in [6.45, 7) is 4.51. The highest BCUT2D eigenvalue weighted by atomic mass is 16.5. The second kappa shape index (κ2) is 5.42. The van der Waals surface area contributed by atoms with Crippen LogP contribution in [0.25, 0.3) is 0 Å². The number of amides is 1. The zero-order valence-corrected chi connectivity index (χ0v) is 11.4. The minimum Gasteiger partial charge on any atom is -0.469 e. The lowest BCUT2D eigenvalue weighted by atomic mass is 9.97. The van der Waals surface area contributed by atoms with Crippen LogP contribution in [-0.4, -0.2) is 42.1 Å². The maximum atomic E-state index is 12.4. The molecule has 19 heavy (non-hydrogen) atoms. The van der Waals surface area contributed by atoms with Gasteiger partial charge in [-0.3, -0.25) is 9.59 Å². The summed E-state index contributed by atoms with van der Waals surface area (Å²) in [6, 6.07) is 0. The zero-order valence-electron chi connectivity index (χ0n) is 11.4. The Bertz CT molecular complexity index is 475. The smallest absolute Gasteiger partial charge is 0.310 e. The number of aromatic nitrogens is 1. The van der Waals surface area contributed by atoms with Crippen molar-refractivity contribution in [2.45, 2.75) is 26.7 Å². The van der Waals surface area contributed by atoms with Crippen LogP contribution in [0.2, 0.25) is 0 Å². The second-order valence-corrected chi connectivity index (χ2v) is 4.81. The highest BCUT2D eigenvalue weighted by Crippen LogP contribution is 2.22. The lowest BCUT2D eigenvalue weighted by Crippen LogP contribution is -2.42. The molecule has 0 N–H and O–H groups in total. The lowest BCUT2D eigenvalue weighted by molar-refractivity contribution is -0.146. The van der Waals surface area contributed by atoms with Crippen LogP contribution < -0.4 is 0 Å². The van der Waals surface area contributed by atoms with Gasteiger partial charge in [0.15, 0.2) is 0 Å². The first-order valence-corrected chi connectivity index (χ1v) is 6.34. The summed E-state index contributed by atoms with van der Waals surface area (Å²) >= 11 is 0. The Kier molecular flexibility index (Phi) is 3.87. The SMILES string of the molecule is COC(=O)C1CCCN(C(=O)c2c(C)noc2C)C1. The average Bonchev–Trinajstić information content (AvgIpc) is 2.76. The number of rotatable bonds is 2. The number of esters is 1. The van der Waals surface area contributed by atoms with E-state index in [1.54, 1.807) is 18.7 Å². The molecule has 1 amide bonds. The monoisotopic (exact) mass is 266 g/mol. The van der Waals surface area contributed by atoms with E-state index in [0.29, 0.717) is 30.1 Å². The average molecular weight is 266 g/mol. The summed E-state index contributed by atoms with van der Waals surface area (Å²) in [5.41, 5.74) is 1.09. The topological polar surface area (TPSA) is 72.6 Å². The second-order valence-electron chi connectivity index (χ2n) is 4.81. The molecule has 2 heterocycles. The fourth-order valence-corrected chi connectivity index (χ4v) is 2.47. The number of ether oxygens (including phenoxy) is 1. The third kappa shape index (κ3) is 2.62. The normalized spacial score (nSPS) is 19.3. The van der Waals surface area contributed by atoms with Gasteiger partial charge in [0.1, 0.15) is 11.3 Å². The molecule has 1 aromatic heterocycles. The molecular weight excluding hydrogens is 248 g/mol. The molecule has 0 aliphatic carbocycles. The number of nitrogens with zero attached hydrogens (tertiary/aromatic N) is 2. The van der Waals surface area contributed by atoms with Crippen molar-refractivity contribution in [3.05, 3.63) is 17.0 Å². The number of hydrogen-bond acceptors (Lipinski definition) is 5. The minimum atomic E-state index is -0.253. The molecule has 0 bridgehead atoms. The van der Waals surface area contributed by atoms with Gasteiger partial charge in [-0.05, 0) is 26.7 Å². The quantitative estimate of drug-likeness (QED) is 0.755. The van der Waals surface area contributed by atoms with Gasteiger partial charge in [-0.25, -0.2) is 0 Å². The molecule has 0 spiro atoms. The fraction of sp³-hybridized carbons (Fsp3) is 0.615. The zero-order chi connectivity index (χ0) is 14.0. The molecule has 2 rings (SSSR count). The molecule has 6 heteroatoms. The van der Waals surface area contributed by atoms with Gasteiger partial charge in [-0.15, -0.1) is 0 Å². The third-order valence-electron chi connectivity index (χ3n) is 3.49. The van der Waals surface area contributed by atoms with Crippen LogP contribution in [0, 0.1) is 19.8 Å². The van der Waals surface area contributed by atoms with Crippen molar-refractivity contribution in [3.63, 3.8) is 0 Å². The Labute approximate surface area is 111 Å². The van der Waals surface area contributed by atoms with Gasteiger partial charge in [0, 0.05) is 13.1 Å². The molecule has 0 radical (unpaired) electrons. The molecule has 1 saturated heterocycles. The first kappa shape index (κ1) is 13.6. The third-order valence-corrected chi connectivity index (χ3v) is 3.49.